The average Bonchev–Trinajstić information content (AvgIpc) is 1.54. The van der Waals surface area contributed by atoms with Crippen molar-refractivity contribution in [2.45, 2.75) is 222 Å². The Bertz CT molecular complexity index is 6350. The number of phenolic OH excluding ortho intramolecular Hbond substituents is 2. The van der Waals surface area contributed by atoms with Crippen LogP contribution in [0.15, 0.2) is 294 Å². The lowest BCUT2D eigenvalue weighted by Crippen LogP contribution is -1.93. The Hall–Kier alpha value is -12.8. The number of methoxy groups -OCH3 is 4. The number of hydrogen-bond donors (Lipinski definition) is 2. The molecule has 2 N–H and O–H groups in total. The Balaban J connectivity index is 0.000000544. The number of hydrogen-bond acceptors (Lipinski definition) is 8. The molecule has 0 spiro atoms. The first-order chi connectivity index (χ1) is 65.7. The van der Waals surface area contributed by atoms with E-state index in [2.05, 4.69) is 158 Å². The predicted octanol–water partition coefficient (Wildman–Crippen LogP) is 41.6. The van der Waals surface area contributed by atoms with E-state index in [1.54, 1.807) is 40.6 Å². The molecule has 0 fully saturated rings. The fraction of sp³-hybridized carbons (Fsp3) is 0.290. The van der Waals surface area contributed by atoms with Crippen LogP contribution in [0.1, 0.15) is 222 Å². The maximum atomic E-state index is 10.6. The third-order valence-electron chi connectivity index (χ3n) is 20.2. The summed E-state index contributed by atoms with van der Waals surface area (Å²) in [5, 5.41) is 35.9. The quantitative estimate of drug-likeness (QED) is 0.170. The van der Waals surface area contributed by atoms with Crippen molar-refractivity contribution in [1.82, 2.24) is 0 Å². The molecule has 0 amide bonds. The lowest BCUT2D eigenvalue weighted by Gasteiger charge is -2.17. The lowest BCUT2D eigenvalue weighted by molar-refractivity contribution is 0.415. The van der Waals surface area contributed by atoms with Gasteiger partial charge in [-0.25, -0.2) is 0 Å². The van der Waals surface area contributed by atoms with Crippen molar-refractivity contribution in [2.24, 2.45) is 0 Å². The van der Waals surface area contributed by atoms with Crippen LogP contribution < -0.4 is 18.9 Å². The summed E-state index contributed by atoms with van der Waals surface area (Å²) in [5.74, 6) is 3.79. The maximum Gasteiger partial charge on any atom is 0.138 e. The summed E-state index contributed by atoms with van der Waals surface area (Å²) in [5.41, 5.74) is 23.0. The van der Waals surface area contributed by atoms with Gasteiger partial charge in [0.2, 0.25) is 0 Å². The predicted molar refractivity (Wildman–Crippen MR) is 596 cm³/mol. The van der Waals surface area contributed by atoms with Crippen molar-refractivity contribution in [3.63, 3.8) is 0 Å². The highest BCUT2D eigenvalue weighted by Gasteiger charge is 2.30. The molecule has 0 saturated heterocycles. The Morgan fingerprint density at radius 2 is 0.459 bits per heavy atom. The van der Waals surface area contributed by atoms with Crippen molar-refractivity contribution < 1.29 is 38.0 Å². The number of rotatable bonds is 6. The average molecular weight is 1810 g/mol. The molecule has 18 aromatic rings. The van der Waals surface area contributed by atoms with Crippen molar-refractivity contribution in [1.29, 1.82) is 0 Å². The van der Waals surface area contributed by atoms with Crippen LogP contribution in [0.4, 0.5) is 0 Å². The van der Waals surface area contributed by atoms with Gasteiger partial charge in [0.25, 0.3) is 0 Å². The second-order valence-electron chi connectivity index (χ2n) is 25.4. The minimum Gasteiger partial charge on any atom is -0.507 e. The van der Waals surface area contributed by atoms with Gasteiger partial charge >= 0.3 is 0 Å². The number of ether oxygens (including phenoxy) is 4. The number of benzene rings is 16. The van der Waals surface area contributed by atoms with E-state index < -0.39 is 0 Å². The standard InChI is InChI=1S/C24H19ClO2.C24H18O2.C22H10O2.C22H14O2.16C2H6/c1-26-21-15-14-16-8-3-4-9-17(16)23(21)19-11-6-5-10-18(19)20-12-7-13-22(27-2)24(20)25;1-25-20-12-6-10-17-16-8-3-4-9-18(16)24-21(26-2)14-13-15-7-5-11-19(22(15)24)23(17)20;1-3-12-13-4-2-6-15-20(13)22-17(24-15)10-8-11-7-9-16-21(18(11)22)19(12)14(5-1)23-16;23-18-10-4-8-15-14-6-1-2-7-16(14)22-19(24)12-11-13-5-3-9-17(20(13)22)21(15)18;16*1-2/h3-15H,1-2H3;3-14H,1-2H3;1-10H;1-12,23-24H;16*1-2H3. The molecular formula is C124H157ClO8. The van der Waals surface area contributed by atoms with E-state index in [1.807, 2.05) is 337 Å². The molecule has 2 heterocycles. The molecule has 3 aliphatic carbocycles. The highest BCUT2D eigenvalue weighted by molar-refractivity contribution is 6.37. The monoisotopic (exact) mass is 1810 g/mol. The van der Waals surface area contributed by atoms with E-state index in [-0.39, 0.29) is 11.5 Å². The Kier molecular flexibility index (Phi) is 54.7. The molecule has 0 saturated carbocycles. The van der Waals surface area contributed by atoms with Crippen LogP contribution in [0.3, 0.4) is 0 Å². The van der Waals surface area contributed by atoms with E-state index in [4.69, 9.17) is 39.4 Å². The van der Waals surface area contributed by atoms with Crippen LogP contribution in [0.25, 0.3) is 187 Å². The minimum atomic E-state index is 0.256. The largest absolute Gasteiger partial charge is 0.507 e. The van der Waals surface area contributed by atoms with E-state index >= 15 is 0 Å². The van der Waals surface area contributed by atoms with Gasteiger partial charge < -0.3 is 38.0 Å². The van der Waals surface area contributed by atoms with Gasteiger partial charge in [0.1, 0.15) is 56.8 Å². The van der Waals surface area contributed by atoms with E-state index in [0.717, 1.165) is 123 Å². The summed E-state index contributed by atoms with van der Waals surface area (Å²) in [6.45, 7) is 64.0. The summed E-state index contributed by atoms with van der Waals surface area (Å²) in [6.07, 6.45) is 0. The maximum absolute atomic E-state index is 10.6. The summed E-state index contributed by atoms with van der Waals surface area (Å²) >= 11 is 6.64. The second kappa shape index (κ2) is 62.6. The van der Waals surface area contributed by atoms with Crippen LogP contribution in [0.2, 0.25) is 5.02 Å². The number of aromatic hydroxyl groups is 2. The Morgan fingerprint density at radius 1 is 0.180 bits per heavy atom. The normalized spacial score (nSPS) is 9.60. The molecule has 0 bridgehead atoms. The van der Waals surface area contributed by atoms with Gasteiger partial charge in [0.15, 0.2) is 0 Å². The van der Waals surface area contributed by atoms with Crippen LogP contribution in [-0.4, -0.2) is 38.7 Å². The number of fused-ring (bicyclic) bond motifs is 12. The van der Waals surface area contributed by atoms with Crippen LogP contribution in [0, 0.1) is 0 Å². The number of furan rings is 2. The first-order valence-electron chi connectivity index (χ1n) is 49.5. The van der Waals surface area contributed by atoms with Crippen molar-refractivity contribution in [3.05, 3.63) is 290 Å². The molecule has 708 valence electrons. The number of halogens is 1. The third kappa shape index (κ3) is 24.6. The van der Waals surface area contributed by atoms with Gasteiger partial charge in [0.05, 0.1) is 33.5 Å². The molecule has 3 aliphatic rings. The zero-order chi connectivity index (χ0) is 100. The summed E-state index contributed by atoms with van der Waals surface area (Å²) < 4.78 is 35.0. The second-order valence-corrected chi connectivity index (χ2v) is 25.7. The van der Waals surface area contributed by atoms with Crippen molar-refractivity contribution in [3.8, 4) is 135 Å². The molecule has 0 atom stereocenters. The van der Waals surface area contributed by atoms with E-state index in [0.29, 0.717) is 10.8 Å². The van der Waals surface area contributed by atoms with E-state index in [9.17, 15) is 10.2 Å². The van der Waals surface area contributed by atoms with Crippen molar-refractivity contribution in [2.75, 3.05) is 28.4 Å². The van der Waals surface area contributed by atoms with Crippen molar-refractivity contribution >= 4 is 98.6 Å². The Labute approximate surface area is 806 Å². The first-order valence-corrected chi connectivity index (χ1v) is 49.9. The van der Waals surface area contributed by atoms with Gasteiger partial charge in [-0.15, -0.1) is 0 Å². The van der Waals surface area contributed by atoms with Crippen LogP contribution in [-0.2, 0) is 0 Å². The molecule has 16 aromatic carbocycles. The minimum absolute atomic E-state index is 0.256. The highest BCUT2D eigenvalue weighted by Crippen LogP contribution is 2.56. The molecule has 0 unspecified atom stereocenters. The van der Waals surface area contributed by atoms with Gasteiger partial charge in [-0.2, -0.15) is 0 Å². The molecule has 0 aliphatic heterocycles. The van der Waals surface area contributed by atoms with Gasteiger partial charge in [-0.1, -0.05) is 458 Å². The zero-order valence-corrected chi connectivity index (χ0v) is 88.1. The molecule has 0 radical (unpaired) electrons. The van der Waals surface area contributed by atoms with Crippen LogP contribution in [0.5, 0.6) is 34.5 Å². The smallest absolute Gasteiger partial charge is 0.138 e. The fourth-order valence-corrected chi connectivity index (χ4v) is 16.3. The third-order valence-corrected chi connectivity index (χ3v) is 20.6. The summed E-state index contributed by atoms with van der Waals surface area (Å²) in [7, 11) is 6.81. The highest BCUT2D eigenvalue weighted by atomic mass is 35.5. The van der Waals surface area contributed by atoms with Gasteiger partial charge in [-0.05, 0) is 154 Å². The SMILES string of the molecule is CC.CC.CC.CC.CC.CC.CC.CC.CC.CC.CC.CC.CC.CC.CC.CC.COc1cccc(-c2ccccc2-c2c(OC)ccc3ccccc23)c1Cl.COc1cccc2c1-c1cccc3ccc(OC)c(c13)-c1ccccc1-2.Oc1cccc2c1-c1cccc3ccc(O)c(c13)-c1ccccc1-2.c1cc2c3c(c1)oc1ccc4ccc5oc6cccc-2c6c5c4c13. The topological polar surface area (TPSA) is 104 Å². The van der Waals surface area contributed by atoms with Gasteiger partial charge in [-0.3, -0.25) is 0 Å². The zero-order valence-electron chi connectivity index (χ0n) is 87.4. The summed E-state index contributed by atoms with van der Waals surface area (Å²) in [4.78, 5) is 0. The molecule has 133 heavy (non-hydrogen) atoms. The molecular weight excluding hydrogens is 1650 g/mol. The molecule has 21 rings (SSSR count). The molecule has 9 heteroatoms. The number of phenols is 2. The van der Waals surface area contributed by atoms with E-state index in [1.165, 1.54) is 81.9 Å². The first kappa shape index (κ1) is 116. The lowest BCUT2D eigenvalue weighted by atomic mass is 9.90. The van der Waals surface area contributed by atoms with Crippen LogP contribution >= 0.6 is 11.6 Å². The van der Waals surface area contributed by atoms with Gasteiger partial charge in [0, 0.05) is 71.1 Å². The summed E-state index contributed by atoms with van der Waals surface area (Å²) in [6, 6.07) is 96.4. The fourth-order valence-electron chi connectivity index (χ4n) is 16.0. The molecule has 2 aromatic heterocycles. The molecule has 8 nitrogen and oxygen atoms in total. The Morgan fingerprint density at radius 3 is 0.925 bits per heavy atom.